The molecule has 1 aliphatic rings. The number of aliphatic hydroxyl groups excluding tert-OH is 1. The highest BCUT2D eigenvalue weighted by Crippen LogP contribution is 2.25. The number of nitrogens with two attached hydrogens (primary N) is 1. The van der Waals surface area contributed by atoms with Crippen LogP contribution in [0.1, 0.15) is 18.4 Å². The monoisotopic (exact) mass is 271 g/mol. The van der Waals surface area contributed by atoms with Gasteiger partial charge in [0.05, 0.1) is 6.10 Å². The normalized spacial score (nSPS) is 24.7. The van der Waals surface area contributed by atoms with Crippen LogP contribution in [0.15, 0.2) is 16.7 Å². The van der Waals surface area contributed by atoms with Crippen LogP contribution in [0.5, 0.6) is 0 Å². The summed E-state index contributed by atoms with van der Waals surface area (Å²) in [5, 5.41) is 12.5. The minimum Gasteiger partial charge on any atom is -0.393 e. The number of hydrogen-bond donors (Lipinski definition) is 3. The molecular formula is C10H14BrN3O. The van der Waals surface area contributed by atoms with Crippen molar-refractivity contribution in [2.45, 2.75) is 31.5 Å². The molecule has 5 heteroatoms. The Morgan fingerprint density at radius 1 is 1.60 bits per heavy atom. The quantitative estimate of drug-likeness (QED) is 0.774. The number of aromatic nitrogens is 1. The van der Waals surface area contributed by atoms with Crippen LogP contribution in [0.25, 0.3) is 0 Å². The summed E-state index contributed by atoms with van der Waals surface area (Å²) < 4.78 is 0.933. The van der Waals surface area contributed by atoms with Crippen molar-refractivity contribution in [1.29, 1.82) is 0 Å². The molecule has 4 nitrogen and oxygen atoms in total. The third-order valence-corrected chi connectivity index (χ3v) is 3.04. The predicted molar refractivity (Wildman–Crippen MR) is 62.5 cm³/mol. The molecule has 0 aliphatic heterocycles. The minimum atomic E-state index is -0.153. The van der Waals surface area contributed by atoms with Crippen LogP contribution < -0.4 is 11.1 Å². The van der Waals surface area contributed by atoms with Crippen LogP contribution in [0, 0.1) is 0 Å². The van der Waals surface area contributed by atoms with E-state index in [4.69, 9.17) is 5.73 Å². The smallest absolute Gasteiger partial charge is 0.130 e. The summed E-state index contributed by atoms with van der Waals surface area (Å²) in [5.41, 5.74) is 6.62. The SMILES string of the molecule is NCc1cc(Br)cnc1NC1CC(O)C1. The maximum absolute atomic E-state index is 9.17. The molecule has 1 aromatic rings. The highest BCUT2D eigenvalue weighted by molar-refractivity contribution is 9.10. The zero-order valence-electron chi connectivity index (χ0n) is 8.28. The molecule has 0 spiro atoms. The standard InChI is InChI=1S/C10H14BrN3O/c11-7-1-6(4-12)10(13-5-7)14-8-2-9(15)3-8/h1,5,8-9,15H,2-4,12H2,(H,13,14). The van der Waals surface area contributed by atoms with Gasteiger partial charge in [0, 0.05) is 28.8 Å². The molecule has 82 valence electrons. The summed E-state index contributed by atoms with van der Waals surface area (Å²) in [5.74, 6) is 0.831. The summed E-state index contributed by atoms with van der Waals surface area (Å²) in [7, 11) is 0. The molecule has 0 unspecified atom stereocenters. The molecule has 1 fully saturated rings. The zero-order chi connectivity index (χ0) is 10.8. The van der Waals surface area contributed by atoms with Crippen LogP contribution >= 0.6 is 15.9 Å². The second-order valence-electron chi connectivity index (χ2n) is 3.83. The molecule has 15 heavy (non-hydrogen) atoms. The number of anilines is 1. The first-order valence-electron chi connectivity index (χ1n) is 4.98. The van der Waals surface area contributed by atoms with E-state index in [0.717, 1.165) is 28.7 Å². The van der Waals surface area contributed by atoms with Gasteiger partial charge in [-0.1, -0.05) is 0 Å². The maximum Gasteiger partial charge on any atom is 0.130 e. The van der Waals surface area contributed by atoms with Gasteiger partial charge in [-0.25, -0.2) is 4.98 Å². The van der Waals surface area contributed by atoms with E-state index in [1.54, 1.807) is 6.20 Å². The van der Waals surface area contributed by atoms with E-state index >= 15 is 0 Å². The average Bonchev–Trinajstić information content (AvgIpc) is 2.18. The summed E-state index contributed by atoms with van der Waals surface area (Å²) in [6.45, 7) is 0.462. The highest BCUT2D eigenvalue weighted by Gasteiger charge is 2.27. The van der Waals surface area contributed by atoms with Gasteiger partial charge >= 0.3 is 0 Å². The molecule has 0 bridgehead atoms. The highest BCUT2D eigenvalue weighted by atomic mass is 79.9. The van der Waals surface area contributed by atoms with E-state index in [0.29, 0.717) is 12.6 Å². The Labute approximate surface area is 97.0 Å². The van der Waals surface area contributed by atoms with Crippen LogP contribution in [0.3, 0.4) is 0 Å². The van der Waals surface area contributed by atoms with E-state index in [9.17, 15) is 5.11 Å². The van der Waals surface area contributed by atoms with Crippen molar-refractivity contribution in [3.8, 4) is 0 Å². The molecule has 1 heterocycles. The number of nitrogens with zero attached hydrogens (tertiary/aromatic N) is 1. The number of halogens is 1. The lowest BCUT2D eigenvalue weighted by molar-refractivity contribution is 0.0835. The number of rotatable bonds is 3. The number of aliphatic hydroxyl groups is 1. The van der Waals surface area contributed by atoms with Gasteiger partial charge in [0.15, 0.2) is 0 Å². The molecule has 0 radical (unpaired) electrons. The van der Waals surface area contributed by atoms with E-state index in [2.05, 4.69) is 26.2 Å². The van der Waals surface area contributed by atoms with E-state index in [1.165, 1.54) is 0 Å². The van der Waals surface area contributed by atoms with E-state index < -0.39 is 0 Å². The van der Waals surface area contributed by atoms with Crippen molar-refractivity contribution in [1.82, 2.24) is 4.98 Å². The van der Waals surface area contributed by atoms with Crippen molar-refractivity contribution in [2.24, 2.45) is 5.73 Å². The Balaban J connectivity index is 2.07. The van der Waals surface area contributed by atoms with Crippen LogP contribution in [-0.4, -0.2) is 22.2 Å². The summed E-state index contributed by atoms with van der Waals surface area (Å²) >= 11 is 3.36. The Hall–Kier alpha value is -0.650. The Bertz CT molecular complexity index is 353. The average molecular weight is 272 g/mol. The lowest BCUT2D eigenvalue weighted by Gasteiger charge is -2.32. The number of pyridine rings is 1. The first-order valence-corrected chi connectivity index (χ1v) is 5.77. The fourth-order valence-electron chi connectivity index (χ4n) is 1.67. The van der Waals surface area contributed by atoms with E-state index in [-0.39, 0.29) is 6.10 Å². The summed E-state index contributed by atoms with van der Waals surface area (Å²) in [6, 6.07) is 2.30. The molecule has 4 N–H and O–H groups in total. The molecule has 2 rings (SSSR count). The van der Waals surface area contributed by atoms with Gasteiger partial charge in [-0.05, 0) is 34.8 Å². The number of nitrogens with one attached hydrogen (secondary N) is 1. The zero-order valence-corrected chi connectivity index (χ0v) is 9.87. The molecule has 0 aromatic carbocycles. The summed E-state index contributed by atoms with van der Waals surface area (Å²) in [6.07, 6.45) is 3.18. The maximum atomic E-state index is 9.17. The fraction of sp³-hybridized carbons (Fsp3) is 0.500. The van der Waals surface area contributed by atoms with Gasteiger partial charge in [-0.2, -0.15) is 0 Å². The first-order chi connectivity index (χ1) is 7.19. The number of hydrogen-bond acceptors (Lipinski definition) is 4. The lowest BCUT2D eigenvalue weighted by atomic mass is 9.89. The van der Waals surface area contributed by atoms with Gasteiger partial charge in [-0.3, -0.25) is 0 Å². The Morgan fingerprint density at radius 2 is 2.33 bits per heavy atom. The van der Waals surface area contributed by atoms with Gasteiger partial charge < -0.3 is 16.2 Å². The molecule has 0 atom stereocenters. The minimum absolute atomic E-state index is 0.153. The Kier molecular flexibility index (Phi) is 3.23. The predicted octanol–water partition coefficient (Wildman–Crippen LogP) is 1.24. The Morgan fingerprint density at radius 3 is 2.93 bits per heavy atom. The topological polar surface area (TPSA) is 71.2 Å². The molecule has 0 saturated heterocycles. The van der Waals surface area contributed by atoms with Gasteiger partial charge in [0.2, 0.25) is 0 Å². The van der Waals surface area contributed by atoms with Crippen LogP contribution in [0.4, 0.5) is 5.82 Å². The van der Waals surface area contributed by atoms with Crippen molar-refractivity contribution < 1.29 is 5.11 Å². The van der Waals surface area contributed by atoms with Crippen molar-refractivity contribution in [2.75, 3.05) is 5.32 Å². The van der Waals surface area contributed by atoms with E-state index in [1.807, 2.05) is 6.07 Å². The molecule has 1 aliphatic carbocycles. The second kappa shape index (κ2) is 4.47. The van der Waals surface area contributed by atoms with Crippen molar-refractivity contribution in [3.05, 3.63) is 22.3 Å². The van der Waals surface area contributed by atoms with Crippen molar-refractivity contribution >= 4 is 21.7 Å². The summed E-state index contributed by atoms with van der Waals surface area (Å²) in [4.78, 5) is 4.28. The lowest BCUT2D eigenvalue weighted by Crippen LogP contribution is -2.39. The van der Waals surface area contributed by atoms with Gasteiger partial charge in [0.1, 0.15) is 5.82 Å². The molecular weight excluding hydrogens is 258 g/mol. The van der Waals surface area contributed by atoms with Gasteiger partial charge in [0.25, 0.3) is 0 Å². The molecule has 0 amide bonds. The third kappa shape index (κ3) is 2.48. The van der Waals surface area contributed by atoms with Gasteiger partial charge in [-0.15, -0.1) is 0 Å². The second-order valence-corrected chi connectivity index (χ2v) is 4.75. The first kappa shape index (κ1) is 10.9. The molecule has 1 saturated carbocycles. The third-order valence-electron chi connectivity index (χ3n) is 2.61. The largest absolute Gasteiger partial charge is 0.393 e. The van der Waals surface area contributed by atoms with Crippen molar-refractivity contribution in [3.63, 3.8) is 0 Å². The molecule has 1 aromatic heterocycles. The van der Waals surface area contributed by atoms with Crippen LogP contribution in [0.2, 0.25) is 0 Å². The fourth-order valence-corrected chi connectivity index (χ4v) is 2.04. The van der Waals surface area contributed by atoms with Crippen LogP contribution in [-0.2, 0) is 6.54 Å².